The number of carbonyl (C=O) groups excluding carboxylic acids is 1. The number of anilines is 1. The van der Waals surface area contributed by atoms with E-state index in [0.29, 0.717) is 5.82 Å². The van der Waals surface area contributed by atoms with Gasteiger partial charge in [-0.2, -0.15) is 5.10 Å². The Balaban J connectivity index is 2.64. The maximum Gasteiger partial charge on any atom is 0.237 e. The summed E-state index contributed by atoms with van der Waals surface area (Å²) < 4.78 is 0. The maximum absolute atomic E-state index is 11.1. The van der Waals surface area contributed by atoms with Crippen LogP contribution in [0, 0.1) is 12.3 Å². The van der Waals surface area contributed by atoms with Gasteiger partial charge in [-0.15, -0.1) is 6.42 Å². The van der Waals surface area contributed by atoms with Crippen molar-refractivity contribution in [2.24, 2.45) is 0 Å². The molecule has 0 radical (unpaired) electrons. The van der Waals surface area contributed by atoms with Crippen molar-refractivity contribution in [1.82, 2.24) is 10.2 Å². The van der Waals surface area contributed by atoms with Crippen molar-refractivity contribution in [2.75, 3.05) is 5.32 Å². The van der Waals surface area contributed by atoms with E-state index in [4.69, 9.17) is 6.42 Å². The maximum atomic E-state index is 11.1. The monoisotopic (exact) mass is 177 g/mol. The molecule has 4 heteroatoms. The minimum atomic E-state index is -0.193. The number of H-pyrrole nitrogens is 1. The van der Waals surface area contributed by atoms with Gasteiger partial charge in [0.05, 0.1) is 12.6 Å². The summed E-state index contributed by atoms with van der Waals surface area (Å²) in [6, 6.07) is 0. The molecule has 68 valence electrons. The number of rotatable bonds is 3. The molecule has 4 nitrogen and oxygen atoms in total. The summed E-state index contributed by atoms with van der Waals surface area (Å²) in [4.78, 5) is 11.1. The lowest BCUT2D eigenvalue weighted by Gasteiger charge is -2.00. The number of aromatic nitrogens is 2. The normalized spacial score (nSPS) is 9.23. The lowest BCUT2D eigenvalue weighted by molar-refractivity contribution is -0.115. The number of amides is 1. The average molecular weight is 177 g/mol. The molecule has 0 saturated carbocycles. The van der Waals surface area contributed by atoms with Gasteiger partial charge in [0.1, 0.15) is 5.82 Å². The third kappa shape index (κ3) is 2.34. The third-order valence-electron chi connectivity index (χ3n) is 1.63. The molecule has 2 N–H and O–H groups in total. The summed E-state index contributed by atoms with van der Waals surface area (Å²) in [7, 11) is 0. The molecule has 13 heavy (non-hydrogen) atoms. The highest BCUT2D eigenvalue weighted by Gasteiger charge is 2.05. The first-order chi connectivity index (χ1) is 6.27. The summed E-state index contributed by atoms with van der Waals surface area (Å²) >= 11 is 0. The van der Waals surface area contributed by atoms with E-state index in [1.165, 1.54) is 0 Å². The molecule has 0 unspecified atom stereocenters. The van der Waals surface area contributed by atoms with Gasteiger partial charge in [0.2, 0.25) is 5.91 Å². The molecular formula is C9H11N3O. The quantitative estimate of drug-likeness (QED) is 0.675. The van der Waals surface area contributed by atoms with Gasteiger partial charge in [-0.3, -0.25) is 9.89 Å². The van der Waals surface area contributed by atoms with Crippen molar-refractivity contribution < 1.29 is 4.79 Å². The lowest BCUT2D eigenvalue weighted by atomic mass is 10.2. The molecule has 0 bridgehead atoms. The molecule has 0 spiro atoms. The standard InChI is InChI=1S/C9H11N3O/c1-3-5-8(13)11-9-7(4-2)6-10-12-9/h1,6H,4-5H2,2H3,(H2,10,11,12,13). The molecule has 0 atom stereocenters. The number of aromatic amines is 1. The Kier molecular flexibility index (Phi) is 3.09. The second-order valence-electron chi connectivity index (χ2n) is 2.55. The molecule has 0 aliphatic rings. The molecule has 0 aliphatic heterocycles. The fourth-order valence-electron chi connectivity index (χ4n) is 0.964. The van der Waals surface area contributed by atoms with Crippen LogP contribution in [0.25, 0.3) is 0 Å². The van der Waals surface area contributed by atoms with Crippen molar-refractivity contribution in [1.29, 1.82) is 0 Å². The summed E-state index contributed by atoms with van der Waals surface area (Å²) in [5, 5.41) is 9.15. The van der Waals surface area contributed by atoms with E-state index < -0.39 is 0 Å². The van der Waals surface area contributed by atoms with Crippen molar-refractivity contribution in [3.63, 3.8) is 0 Å². The molecule has 0 aliphatic carbocycles. The van der Waals surface area contributed by atoms with Crippen LogP contribution < -0.4 is 5.32 Å². The number of aryl methyl sites for hydroxylation is 1. The fraction of sp³-hybridized carbons (Fsp3) is 0.333. The Morgan fingerprint density at radius 2 is 2.62 bits per heavy atom. The largest absolute Gasteiger partial charge is 0.310 e. The highest BCUT2D eigenvalue weighted by molar-refractivity contribution is 5.91. The molecule has 1 rings (SSSR count). The summed E-state index contributed by atoms with van der Waals surface area (Å²) in [5.41, 5.74) is 0.977. The van der Waals surface area contributed by atoms with E-state index in [0.717, 1.165) is 12.0 Å². The van der Waals surface area contributed by atoms with Crippen LogP contribution in [0.15, 0.2) is 6.20 Å². The Bertz CT molecular complexity index is 335. The van der Waals surface area contributed by atoms with Gasteiger partial charge in [-0.25, -0.2) is 0 Å². The average Bonchev–Trinajstić information content (AvgIpc) is 2.52. The van der Waals surface area contributed by atoms with E-state index >= 15 is 0 Å². The van der Waals surface area contributed by atoms with Crippen LogP contribution in [-0.4, -0.2) is 16.1 Å². The second-order valence-corrected chi connectivity index (χ2v) is 2.55. The molecule has 1 amide bonds. The minimum Gasteiger partial charge on any atom is -0.310 e. The van der Waals surface area contributed by atoms with Gasteiger partial charge in [-0.1, -0.05) is 12.8 Å². The minimum absolute atomic E-state index is 0.0855. The Labute approximate surface area is 76.7 Å². The highest BCUT2D eigenvalue weighted by atomic mass is 16.1. The van der Waals surface area contributed by atoms with Crippen molar-refractivity contribution in [3.8, 4) is 12.3 Å². The topological polar surface area (TPSA) is 57.8 Å². The number of carbonyl (C=O) groups is 1. The summed E-state index contributed by atoms with van der Waals surface area (Å²) in [6.07, 6.45) is 7.59. The first kappa shape index (κ1) is 9.33. The SMILES string of the molecule is C#CCC(=O)Nc1[nH]ncc1CC. The third-order valence-corrected chi connectivity index (χ3v) is 1.63. The summed E-state index contributed by atoms with van der Waals surface area (Å²) in [6.45, 7) is 1.99. The zero-order chi connectivity index (χ0) is 9.68. The van der Waals surface area contributed by atoms with E-state index in [2.05, 4.69) is 21.4 Å². The summed E-state index contributed by atoms with van der Waals surface area (Å²) in [5.74, 6) is 2.72. The first-order valence-corrected chi connectivity index (χ1v) is 4.03. The van der Waals surface area contributed by atoms with Crippen LogP contribution in [-0.2, 0) is 11.2 Å². The van der Waals surface area contributed by atoms with Crippen molar-refractivity contribution in [2.45, 2.75) is 19.8 Å². The predicted molar refractivity (Wildman–Crippen MR) is 50.0 cm³/mol. The first-order valence-electron chi connectivity index (χ1n) is 4.03. The van der Waals surface area contributed by atoms with Gasteiger partial charge >= 0.3 is 0 Å². The molecule has 0 saturated heterocycles. The van der Waals surface area contributed by atoms with E-state index in [-0.39, 0.29) is 12.3 Å². The molecule has 0 aromatic carbocycles. The molecular weight excluding hydrogens is 166 g/mol. The van der Waals surface area contributed by atoms with E-state index in [9.17, 15) is 4.79 Å². The fourth-order valence-corrected chi connectivity index (χ4v) is 0.964. The Hall–Kier alpha value is -1.76. The Morgan fingerprint density at radius 1 is 1.85 bits per heavy atom. The lowest BCUT2D eigenvalue weighted by Crippen LogP contribution is -2.11. The number of terminal acetylenes is 1. The number of nitrogens with zero attached hydrogens (tertiary/aromatic N) is 1. The van der Waals surface area contributed by atoms with Gasteiger partial charge in [0.15, 0.2) is 0 Å². The smallest absolute Gasteiger partial charge is 0.237 e. The van der Waals surface area contributed by atoms with Crippen LogP contribution in [0.4, 0.5) is 5.82 Å². The molecule has 1 aromatic rings. The van der Waals surface area contributed by atoms with Crippen LogP contribution in [0.3, 0.4) is 0 Å². The predicted octanol–water partition coefficient (Wildman–Crippen LogP) is 0.934. The number of nitrogens with one attached hydrogen (secondary N) is 2. The van der Waals surface area contributed by atoms with Crippen molar-refractivity contribution >= 4 is 11.7 Å². The molecule has 1 heterocycles. The molecule has 1 aromatic heterocycles. The van der Waals surface area contributed by atoms with Crippen molar-refractivity contribution in [3.05, 3.63) is 11.8 Å². The van der Waals surface area contributed by atoms with Crippen LogP contribution in [0.5, 0.6) is 0 Å². The number of hydrogen-bond donors (Lipinski definition) is 2. The highest BCUT2D eigenvalue weighted by Crippen LogP contribution is 2.10. The van der Waals surface area contributed by atoms with Gasteiger partial charge in [0, 0.05) is 5.56 Å². The van der Waals surface area contributed by atoms with E-state index in [1.807, 2.05) is 6.92 Å². The second kappa shape index (κ2) is 4.31. The van der Waals surface area contributed by atoms with Crippen LogP contribution in [0.2, 0.25) is 0 Å². The van der Waals surface area contributed by atoms with Crippen LogP contribution in [0.1, 0.15) is 18.9 Å². The molecule has 0 fully saturated rings. The van der Waals surface area contributed by atoms with Crippen LogP contribution >= 0.6 is 0 Å². The van der Waals surface area contributed by atoms with E-state index in [1.54, 1.807) is 6.20 Å². The van der Waals surface area contributed by atoms with Gasteiger partial charge < -0.3 is 5.32 Å². The number of hydrogen-bond acceptors (Lipinski definition) is 2. The Morgan fingerprint density at radius 3 is 3.23 bits per heavy atom. The zero-order valence-corrected chi connectivity index (χ0v) is 7.42. The van der Waals surface area contributed by atoms with Gasteiger partial charge in [0.25, 0.3) is 0 Å². The zero-order valence-electron chi connectivity index (χ0n) is 7.42. The van der Waals surface area contributed by atoms with Gasteiger partial charge in [-0.05, 0) is 6.42 Å².